The number of amides is 2. The Bertz CT molecular complexity index is 1030. The van der Waals surface area contributed by atoms with Crippen LogP contribution in [0.4, 0.5) is 4.79 Å². The van der Waals surface area contributed by atoms with Crippen LogP contribution in [0, 0.1) is 0 Å². The van der Waals surface area contributed by atoms with Crippen LogP contribution in [-0.4, -0.2) is 67.1 Å². The number of pyridine rings is 2. The fourth-order valence-corrected chi connectivity index (χ4v) is 3.15. The van der Waals surface area contributed by atoms with Gasteiger partial charge in [-0.05, 0) is 30.7 Å². The molecule has 0 aromatic carbocycles. The van der Waals surface area contributed by atoms with Gasteiger partial charge in [0.25, 0.3) is 5.91 Å². The Morgan fingerprint density at radius 1 is 1.10 bits per heavy atom. The quantitative estimate of drug-likeness (QED) is 0.721. The van der Waals surface area contributed by atoms with E-state index in [0.717, 1.165) is 5.01 Å². The normalized spacial score (nSPS) is 13.6. The van der Waals surface area contributed by atoms with Crippen LogP contribution in [0.5, 0.6) is 5.88 Å². The van der Waals surface area contributed by atoms with Crippen LogP contribution < -0.4 is 4.74 Å². The topological polar surface area (TPSA) is 114 Å². The first kappa shape index (κ1) is 18.4. The molecule has 4 rings (SSSR count). The van der Waals surface area contributed by atoms with Crippen molar-refractivity contribution in [3.63, 3.8) is 0 Å². The molecular weight excluding hydrogens is 376 g/mol. The first-order valence-corrected chi connectivity index (χ1v) is 8.92. The number of nitrogens with zero attached hydrogens (tertiary/aromatic N) is 6. The summed E-state index contributed by atoms with van der Waals surface area (Å²) in [6.07, 6.45) is 2.63. The predicted octanol–water partition coefficient (Wildman–Crippen LogP) is 2.08. The summed E-state index contributed by atoms with van der Waals surface area (Å²) in [5, 5.41) is 16.0. The van der Waals surface area contributed by atoms with Crippen LogP contribution in [-0.2, 0) is 0 Å². The number of carboxylic acid groups (broad SMARTS) is 1. The van der Waals surface area contributed by atoms with Crippen molar-refractivity contribution in [1.82, 2.24) is 29.8 Å². The molecule has 1 aliphatic rings. The van der Waals surface area contributed by atoms with Crippen LogP contribution in [0.3, 0.4) is 0 Å². The molecule has 1 N–H and O–H groups in total. The maximum atomic E-state index is 13.0. The number of hydrazine groups is 1. The summed E-state index contributed by atoms with van der Waals surface area (Å²) >= 11 is 0. The number of ether oxygens (including phenoxy) is 1. The molecular formula is C19H18N6O4. The van der Waals surface area contributed by atoms with E-state index in [1.165, 1.54) is 12.1 Å². The average Bonchev–Trinajstić information content (AvgIpc) is 3.42. The molecule has 0 spiro atoms. The van der Waals surface area contributed by atoms with Crippen molar-refractivity contribution in [1.29, 1.82) is 0 Å². The fourth-order valence-electron chi connectivity index (χ4n) is 3.15. The molecule has 0 saturated carbocycles. The minimum absolute atomic E-state index is 0.120. The van der Waals surface area contributed by atoms with Gasteiger partial charge >= 0.3 is 6.09 Å². The van der Waals surface area contributed by atoms with Crippen molar-refractivity contribution in [2.75, 3.05) is 20.2 Å². The van der Waals surface area contributed by atoms with E-state index in [1.54, 1.807) is 47.4 Å². The number of rotatable bonds is 4. The summed E-state index contributed by atoms with van der Waals surface area (Å²) in [7, 11) is 1.52. The molecule has 0 radical (unpaired) electrons. The maximum Gasteiger partial charge on any atom is 0.426 e. The molecule has 1 aliphatic heterocycles. The Morgan fingerprint density at radius 2 is 1.93 bits per heavy atom. The van der Waals surface area contributed by atoms with Crippen molar-refractivity contribution in [3.8, 4) is 23.0 Å². The predicted molar refractivity (Wildman–Crippen MR) is 102 cm³/mol. The van der Waals surface area contributed by atoms with Crippen LogP contribution in [0.2, 0.25) is 0 Å². The molecule has 148 valence electrons. The average molecular weight is 394 g/mol. The lowest BCUT2D eigenvalue weighted by atomic mass is 10.2. The van der Waals surface area contributed by atoms with Crippen molar-refractivity contribution >= 4 is 12.0 Å². The van der Waals surface area contributed by atoms with E-state index in [1.807, 2.05) is 6.07 Å². The summed E-state index contributed by atoms with van der Waals surface area (Å²) in [6.45, 7) is 0.596. The Hall–Kier alpha value is -3.95. The number of hydrogen-bond donors (Lipinski definition) is 1. The van der Waals surface area contributed by atoms with Gasteiger partial charge in [0.15, 0.2) is 5.69 Å². The molecule has 0 atom stereocenters. The Kier molecular flexibility index (Phi) is 4.82. The van der Waals surface area contributed by atoms with Gasteiger partial charge in [-0.1, -0.05) is 6.07 Å². The zero-order chi connectivity index (χ0) is 20.4. The second-order valence-corrected chi connectivity index (χ2v) is 6.29. The lowest BCUT2D eigenvalue weighted by Gasteiger charge is -2.24. The molecule has 10 nitrogen and oxygen atoms in total. The summed E-state index contributed by atoms with van der Waals surface area (Å²) in [4.78, 5) is 32.9. The summed E-state index contributed by atoms with van der Waals surface area (Å²) < 4.78 is 6.65. The first-order chi connectivity index (χ1) is 14.1. The summed E-state index contributed by atoms with van der Waals surface area (Å²) in [5.74, 6) is -0.0342. The molecule has 3 aromatic rings. The third-order valence-corrected chi connectivity index (χ3v) is 4.52. The Labute approximate surface area is 165 Å². The third kappa shape index (κ3) is 3.47. The van der Waals surface area contributed by atoms with Crippen LogP contribution in [0.15, 0.2) is 48.8 Å². The van der Waals surface area contributed by atoms with Crippen LogP contribution in [0.1, 0.15) is 16.9 Å². The molecule has 0 unspecified atom stereocenters. The van der Waals surface area contributed by atoms with Gasteiger partial charge in [-0.3, -0.25) is 9.78 Å². The molecule has 29 heavy (non-hydrogen) atoms. The smallest absolute Gasteiger partial charge is 0.426 e. The van der Waals surface area contributed by atoms with E-state index in [2.05, 4.69) is 15.1 Å². The van der Waals surface area contributed by atoms with E-state index >= 15 is 0 Å². The van der Waals surface area contributed by atoms with E-state index < -0.39 is 12.0 Å². The van der Waals surface area contributed by atoms with Gasteiger partial charge in [-0.25, -0.2) is 24.5 Å². The zero-order valence-electron chi connectivity index (χ0n) is 15.6. The maximum absolute atomic E-state index is 13.0. The van der Waals surface area contributed by atoms with Crippen LogP contribution in [0.25, 0.3) is 17.1 Å². The highest BCUT2D eigenvalue weighted by Gasteiger charge is 2.33. The van der Waals surface area contributed by atoms with Gasteiger partial charge in [0, 0.05) is 25.4 Å². The Balaban J connectivity index is 1.77. The first-order valence-electron chi connectivity index (χ1n) is 8.92. The van der Waals surface area contributed by atoms with E-state index in [4.69, 9.17) is 4.74 Å². The number of methoxy groups -OCH3 is 1. The number of hydrogen-bond acceptors (Lipinski definition) is 6. The lowest BCUT2D eigenvalue weighted by molar-refractivity contribution is 0.0241. The molecule has 1 fully saturated rings. The number of aromatic nitrogens is 4. The second kappa shape index (κ2) is 7.58. The van der Waals surface area contributed by atoms with Crippen molar-refractivity contribution in [2.24, 2.45) is 0 Å². The minimum atomic E-state index is -1.17. The molecule has 10 heteroatoms. The molecule has 4 heterocycles. The molecule has 3 aromatic heterocycles. The summed E-state index contributed by atoms with van der Waals surface area (Å²) in [5.41, 5.74) is 1.94. The van der Waals surface area contributed by atoms with Crippen molar-refractivity contribution in [3.05, 3.63) is 54.5 Å². The van der Waals surface area contributed by atoms with Gasteiger partial charge in [0.2, 0.25) is 5.88 Å². The minimum Gasteiger partial charge on any atom is -0.481 e. The highest BCUT2D eigenvalue weighted by atomic mass is 16.5. The lowest BCUT2D eigenvalue weighted by Crippen LogP contribution is -2.44. The number of carbonyl (C=O) groups excluding carboxylic acids is 1. The van der Waals surface area contributed by atoms with Gasteiger partial charge in [-0.15, -0.1) is 0 Å². The van der Waals surface area contributed by atoms with Crippen molar-refractivity contribution < 1.29 is 19.4 Å². The standard InChI is InChI=1S/C19H18N6O4/c1-29-17-7-6-13(12-21-17)25-16(14-5-2-3-8-20-14)11-15(22-25)18(26)23-9-4-10-24(23)19(27)28/h2-3,5-8,11-12H,4,9-10H2,1H3,(H,27,28). The fraction of sp³-hybridized carbons (Fsp3) is 0.211. The number of carbonyl (C=O) groups is 2. The summed E-state index contributed by atoms with van der Waals surface area (Å²) in [6, 6.07) is 10.5. The third-order valence-electron chi connectivity index (χ3n) is 4.52. The van der Waals surface area contributed by atoms with Gasteiger partial charge in [0.05, 0.1) is 30.4 Å². The zero-order valence-corrected chi connectivity index (χ0v) is 15.6. The van der Waals surface area contributed by atoms with Gasteiger partial charge < -0.3 is 9.84 Å². The van der Waals surface area contributed by atoms with E-state index in [0.29, 0.717) is 35.9 Å². The monoisotopic (exact) mass is 394 g/mol. The highest BCUT2D eigenvalue weighted by Crippen LogP contribution is 2.24. The second-order valence-electron chi connectivity index (χ2n) is 6.29. The molecule has 0 aliphatic carbocycles. The van der Waals surface area contributed by atoms with E-state index in [-0.39, 0.29) is 12.2 Å². The highest BCUT2D eigenvalue weighted by molar-refractivity contribution is 5.94. The SMILES string of the molecule is COc1ccc(-n2nc(C(=O)N3CCCN3C(=O)O)cc2-c2ccccn2)cn1. The van der Waals surface area contributed by atoms with Gasteiger partial charge in [0.1, 0.15) is 0 Å². The molecule has 1 saturated heterocycles. The van der Waals surface area contributed by atoms with Crippen LogP contribution >= 0.6 is 0 Å². The Morgan fingerprint density at radius 3 is 2.59 bits per heavy atom. The van der Waals surface area contributed by atoms with Crippen molar-refractivity contribution in [2.45, 2.75) is 6.42 Å². The van der Waals surface area contributed by atoms with Gasteiger partial charge in [-0.2, -0.15) is 5.10 Å². The molecule has 0 bridgehead atoms. The molecule has 2 amide bonds. The van der Waals surface area contributed by atoms with E-state index in [9.17, 15) is 14.7 Å². The largest absolute Gasteiger partial charge is 0.481 e.